The second-order valence-electron chi connectivity index (χ2n) is 6.43. The predicted molar refractivity (Wildman–Crippen MR) is 92.0 cm³/mol. The molecule has 130 valence electrons. The Labute approximate surface area is 147 Å². The monoisotopic (exact) mass is 350 g/mol. The number of nitrogens with zero attached hydrogens (tertiary/aromatic N) is 2. The van der Waals surface area contributed by atoms with Crippen molar-refractivity contribution in [2.24, 2.45) is 5.92 Å². The summed E-state index contributed by atoms with van der Waals surface area (Å²) in [5, 5.41) is 0.659. The van der Waals surface area contributed by atoms with E-state index < -0.39 is 0 Å². The number of likely N-dealkylation sites (tertiary alicyclic amines) is 2. The first-order valence-electron chi connectivity index (χ1n) is 8.55. The van der Waals surface area contributed by atoms with E-state index in [1.54, 1.807) is 4.90 Å². The quantitative estimate of drug-likeness (QED) is 0.838. The fraction of sp³-hybridized carbons (Fsp3) is 0.556. The summed E-state index contributed by atoms with van der Waals surface area (Å²) in [6.07, 6.45) is 2.06. The highest BCUT2D eigenvalue weighted by Gasteiger charge is 2.36. The first kappa shape index (κ1) is 17.1. The zero-order chi connectivity index (χ0) is 17.1. The minimum absolute atomic E-state index is 0.0926. The molecule has 0 N–H and O–H groups in total. The lowest BCUT2D eigenvalue weighted by Gasteiger charge is -2.33. The SMILES string of the molecule is CCN1C[C@H](C(=O)N2CCC(Oc3cccc(Cl)c3)CC2)CC1=O. The molecule has 0 saturated carbocycles. The number of carbonyl (C=O) groups is 2. The largest absolute Gasteiger partial charge is 0.490 e. The Morgan fingerprint density at radius 1 is 1.33 bits per heavy atom. The van der Waals surface area contributed by atoms with Crippen LogP contribution in [0.4, 0.5) is 0 Å². The summed E-state index contributed by atoms with van der Waals surface area (Å²) >= 11 is 5.97. The van der Waals surface area contributed by atoms with Gasteiger partial charge in [0.1, 0.15) is 11.9 Å². The van der Waals surface area contributed by atoms with Gasteiger partial charge in [0.25, 0.3) is 0 Å². The van der Waals surface area contributed by atoms with E-state index in [1.165, 1.54) is 0 Å². The Morgan fingerprint density at radius 2 is 2.08 bits per heavy atom. The topological polar surface area (TPSA) is 49.9 Å². The van der Waals surface area contributed by atoms with Crippen LogP contribution in [0.2, 0.25) is 5.02 Å². The van der Waals surface area contributed by atoms with Gasteiger partial charge in [0.15, 0.2) is 0 Å². The van der Waals surface area contributed by atoms with E-state index in [-0.39, 0.29) is 23.8 Å². The zero-order valence-corrected chi connectivity index (χ0v) is 14.7. The molecule has 0 spiro atoms. The van der Waals surface area contributed by atoms with Gasteiger partial charge in [-0.1, -0.05) is 17.7 Å². The smallest absolute Gasteiger partial charge is 0.227 e. The van der Waals surface area contributed by atoms with Crippen molar-refractivity contribution < 1.29 is 14.3 Å². The van der Waals surface area contributed by atoms with Crippen molar-refractivity contribution in [1.29, 1.82) is 0 Å². The summed E-state index contributed by atoms with van der Waals surface area (Å²) in [7, 11) is 0. The minimum atomic E-state index is -0.178. The highest BCUT2D eigenvalue weighted by Crippen LogP contribution is 2.25. The number of amides is 2. The van der Waals surface area contributed by atoms with Gasteiger partial charge >= 0.3 is 0 Å². The molecule has 0 unspecified atom stereocenters. The minimum Gasteiger partial charge on any atom is -0.490 e. The van der Waals surface area contributed by atoms with Crippen molar-refractivity contribution in [2.45, 2.75) is 32.3 Å². The van der Waals surface area contributed by atoms with E-state index in [0.29, 0.717) is 37.6 Å². The van der Waals surface area contributed by atoms with E-state index in [2.05, 4.69) is 0 Å². The van der Waals surface area contributed by atoms with E-state index >= 15 is 0 Å². The third kappa shape index (κ3) is 3.83. The number of benzene rings is 1. The average molecular weight is 351 g/mol. The van der Waals surface area contributed by atoms with Crippen LogP contribution in [0.15, 0.2) is 24.3 Å². The van der Waals surface area contributed by atoms with Gasteiger partial charge < -0.3 is 14.5 Å². The van der Waals surface area contributed by atoms with Crippen molar-refractivity contribution in [3.8, 4) is 5.75 Å². The normalized spacial score (nSPS) is 22.1. The van der Waals surface area contributed by atoms with Crippen LogP contribution in [-0.4, -0.2) is 53.9 Å². The van der Waals surface area contributed by atoms with Gasteiger partial charge in [0, 0.05) is 50.5 Å². The number of hydrogen-bond acceptors (Lipinski definition) is 3. The summed E-state index contributed by atoms with van der Waals surface area (Å²) in [5.74, 6) is 0.797. The number of ether oxygens (including phenoxy) is 1. The van der Waals surface area contributed by atoms with Crippen LogP contribution in [0.5, 0.6) is 5.75 Å². The highest BCUT2D eigenvalue weighted by atomic mass is 35.5. The van der Waals surface area contributed by atoms with E-state index in [4.69, 9.17) is 16.3 Å². The number of piperidine rings is 1. The molecule has 2 fully saturated rings. The van der Waals surface area contributed by atoms with Gasteiger partial charge in [-0.25, -0.2) is 0 Å². The summed E-state index contributed by atoms with van der Waals surface area (Å²) in [6.45, 7) is 4.55. The van der Waals surface area contributed by atoms with Crippen LogP contribution in [-0.2, 0) is 9.59 Å². The van der Waals surface area contributed by atoms with E-state index in [9.17, 15) is 9.59 Å². The molecule has 3 rings (SSSR count). The molecule has 0 radical (unpaired) electrons. The van der Waals surface area contributed by atoms with Gasteiger partial charge in [0.05, 0.1) is 5.92 Å². The van der Waals surface area contributed by atoms with Crippen molar-refractivity contribution in [3.63, 3.8) is 0 Å². The van der Waals surface area contributed by atoms with Crippen molar-refractivity contribution >= 4 is 23.4 Å². The molecule has 1 aromatic rings. The van der Waals surface area contributed by atoms with Crippen molar-refractivity contribution in [3.05, 3.63) is 29.3 Å². The van der Waals surface area contributed by atoms with Crippen LogP contribution in [0.3, 0.4) is 0 Å². The zero-order valence-electron chi connectivity index (χ0n) is 13.9. The lowest BCUT2D eigenvalue weighted by atomic mass is 10.0. The second-order valence-corrected chi connectivity index (χ2v) is 6.87. The van der Waals surface area contributed by atoms with Crippen LogP contribution < -0.4 is 4.74 Å². The molecule has 1 atom stereocenters. The maximum absolute atomic E-state index is 12.6. The number of hydrogen-bond donors (Lipinski definition) is 0. The van der Waals surface area contributed by atoms with Gasteiger partial charge in [-0.2, -0.15) is 0 Å². The molecule has 2 aliphatic rings. The molecular weight excluding hydrogens is 328 g/mol. The molecule has 2 aliphatic heterocycles. The number of carbonyl (C=O) groups excluding carboxylic acids is 2. The molecule has 6 heteroatoms. The van der Waals surface area contributed by atoms with Crippen LogP contribution >= 0.6 is 11.6 Å². The third-order valence-corrected chi connectivity index (χ3v) is 5.03. The van der Waals surface area contributed by atoms with Crippen LogP contribution in [0.1, 0.15) is 26.2 Å². The van der Waals surface area contributed by atoms with Crippen LogP contribution in [0, 0.1) is 5.92 Å². The number of halogens is 1. The predicted octanol–water partition coefficient (Wildman–Crippen LogP) is 2.58. The molecule has 0 aliphatic carbocycles. The molecule has 1 aromatic carbocycles. The first-order valence-corrected chi connectivity index (χ1v) is 8.93. The third-order valence-electron chi connectivity index (χ3n) is 4.80. The maximum Gasteiger partial charge on any atom is 0.227 e. The van der Waals surface area contributed by atoms with Gasteiger partial charge in [-0.3, -0.25) is 9.59 Å². The fourth-order valence-corrected chi connectivity index (χ4v) is 3.61. The van der Waals surface area contributed by atoms with Gasteiger partial charge in [-0.15, -0.1) is 0 Å². The van der Waals surface area contributed by atoms with E-state index in [0.717, 1.165) is 18.6 Å². The Morgan fingerprint density at radius 3 is 2.71 bits per heavy atom. The summed E-state index contributed by atoms with van der Waals surface area (Å²) in [5.41, 5.74) is 0. The van der Waals surface area contributed by atoms with Crippen LogP contribution in [0.25, 0.3) is 0 Å². The maximum atomic E-state index is 12.6. The Hall–Kier alpha value is -1.75. The molecule has 0 bridgehead atoms. The van der Waals surface area contributed by atoms with E-state index in [1.807, 2.05) is 36.1 Å². The molecule has 2 heterocycles. The van der Waals surface area contributed by atoms with Gasteiger partial charge in [0.2, 0.25) is 11.8 Å². The average Bonchev–Trinajstić information content (AvgIpc) is 2.96. The van der Waals surface area contributed by atoms with Gasteiger partial charge in [-0.05, 0) is 25.1 Å². The Balaban J connectivity index is 1.50. The summed E-state index contributed by atoms with van der Waals surface area (Å²) < 4.78 is 5.96. The molecule has 0 aromatic heterocycles. The van der Waals surface area contributed by atoms with Crippen molar-refractivity contribution in [2.75, 3.05) is 26.2 Å². The first-order chi connectivity index (χ1) is 11.6. The Bertz CT molecular complexity index is 614. The van der Waals surface area contributed by atoms with Crippen molar-refractivity contribution in [1.82, 2.24) is 9.80 Å². The summed E-state index contributed by atoms with van der Waals surface area (Å²) in [4.78, 5) is 28.1. The lowest BCUT2D eigenvalue weighted by molar-refractivity contribution is -0.137. The Kier molecular flexibility index (Phi) is 5.29. The standard InChI is InChI=1S/C18H23ClN2O3/c1-2-20-12-13(10-17(20)22)18(23)21-8-6-15(7-9-21)24-16-5-3-4-14(19)11-16/h3-5,11,13,15H,2,6-10,12H2,1H3/t13-/m1/s1. The summed E-state index contributed by atoms with van der Waals surface area (Å²) in [6, 6.07) is 7.39. The highest BCUT2D eigenvalue weighted by molar-refractivity contribution is 6.30. The fourth-order valence-electron chi connectivity index (χ4n) is 3.43. The lowest BCUT2D eigenvalue weighted by Crippen LogP contribution is -2.44. The molecular formula is C18H23ClN2O3. The molecule has 5 nitrogen and oxygen atoms in total. The molecule has 2 amide bonds. The number of rotatable bonds is 4. The molecule has 2 saturated heterocycles. The second kappa shape index (κ2) is 7.43. The molecule has 24 heavy (non-hydrogen) atoms.